The molecule has 1 aromatic heterocycles. The van der Waals surface area contributed by atoms with Crippen LogP contribution in [0.15, 0.2) is 36.7 Å². The Balaban J connectivity index is 0.00000128. The van der Waals surface area contributed by atoms with E-state index >= 15 is 0 Å². The van der Waals surface area contributed by atoms with Crippen molar-refractivity contribution in [3.8, 4) is 11.1 Å². The fraction of sp³-hybridized carbons (Fsp3) is 0.100. The molecule has 0 bridgehead atoms. The van der Waals surface area contributed by atoms with Crippen molar-refractivity contribution < 1.29 is 4.92 Å². The van der Waals surface area contributed by atoms with Gasteiger partial charge in [0, 0.05) is 30.9 Å². The van der Waals surface area contributed by atoms with Gasteiger partial charge in [-0.2, -0.15) is 5.10 Å². The molecule has 0 unspecified atom stereocenters. The number of aromatic nitrogens is 2. The molecule has 0 N–H and O–H groups in total. The van der Waals surface area contributed by atoms with E-state index in [0.29, 0.717) is 0 Å². The summed E-state index contributed by atoms with van der Waals surface area (Å²) in [6.07, 6.45) is 3.59. The highest BCUT2D eigenvalue weighted by Crippen LogP contribution is 2.21. The van der Waals surface area contributed by atoms with Crippen molar-refractivity contribution in [2.24, 2.45) is 7.05 Å². The van der Waals surface area contributed by atoms with E-state index < -0.39 is 4.92 Å². The van der Waals surface area contributed by atoms with Crippen LogP contribution in [-0.4, -0.2) is 14.7 Å². The Bertz CT molecular complexity index is 493. The van der Waals surface area contributed by atoms with Gasteiger partial charge < -0.3 is 0 Å². The molecule has 16 heavy (non-hydrogen) atoms. The summed E-state index contributed by atoms with van der Waals surface area (Å²) in [6.45, 7) is 0. The van der Waals surface area contributed by atoms with Crippen molar-refractivity contribution >= 4 is 22.7 Å². The van der Waals surface area contributed by atoms with Gasteiger partial charge in [0.1, 0.15) is 0 Å². The van der Waals surface area contributed by atoms with Crippen LogP contribution in [0, 0.1) is 10.1 Å². The summed E-state index contributed by atoms with van der Waals surface area (Å²) in [5.74, 6) is 0. The van der Waals surface area contributed by atoms with Crippen LogP contribution in [0.5, 0.6) is 0 Å². The first-order valence-corrected chi connectivity index (χ1v) is 4.40. The maximum atomic E-state index is 10.4. The number of nitro groups is 1. The smallest absolute Gasteiger partial charge is 0.269 e. The Morgan fingerprint density at radius 1 is 1.25 bits per heavy atom. The van der Waals surface area contributed by atoms with Crippen molar-refractivity contribution in [2.75, 3.05) is 0 Å². The van der Waals surface area contributed by atoms with Crippen LogP contribution in [-0.2, 0) is 7.05 Å². The van der Waals surface area contributed by atoms with Gasteiger partial charge in [-0.15, -0.1) is 17.0 Å². The van der Waals surface area contributed by atoms with Crippen molar-refractivity contribution in [1.29, 1.82) is 0 Å². The molecule has 0 amide bonds. The molecule has 1 heterocycles. The van der Waals surface area contributed by atoms with E-state index in [0.717, 1.165) is 11.1 Å². The maximum absolute atomic E-state index is 10.4. The molecule has 0 aliphatic heterocycles. The van der Waals surface area contributed by atoms with Gasteiger partial charge in [0.25, 0.3) is 5.69 Å². The van der Waals surface area contributed by atoms with Crippen LogP contribution in [0.2, 0.25) is 0 Å². The summed E-state index contributed by atoms with van der Waals surface area (Å²) < 4.78 is 1.69. The van der Waals surface area contributed by atoms with Crippen LogP contribution in [0.3, 0.4) is 0 Å². The number of nitrogens with zero attached hydrogens (tertiary/aromatic N) is 3. The predicted molar refractivity (Wildman–Crippen MR) is 65.6 cm³/mol. The van der Waals surface area contributed by atoms with Crippen LogP contribution < -0.4 is 0 Å². The third-order valence-corrected chi connectivity index (χ3v) is 2.12. The zero-order valence-corrected chi connectivity index (χ0v) is 10.2. The van der Waals surface area contributed by atoms with Gasteiger partial charge >= 0.3 is 0 Å². The number of benzene rings is 1. The van der Waals surface area contributed by atoms with Gasteiger partial charge in [-0.3, -0.25) is 14.8 Å². The number of halogens is 1. The van der Waals surface area contributed by atoms with Gasteiger partial charge in [0.2, 0.25) is 0 Å². The third-order valence-electron chi connectivity index (χ3n) is 2.12. The minimum absolute atomic E-state index is 0. The molecule has 0 fully saturated rings. The van der Waals surface area contributed by atoms with E-state index in [1.54, 1.807) is 23.0 Å². The highest BCUT2D eigenvalue weighted by Gasteiger charge is 2.05. The lowest BCUT2D eigenvalue weighted by molar-refractivity contribution is -0.384. The predicted octanol–water partition coefficient (Wildman–Crippen LogP) is 2.57. The lowest BCUT2D eigenvalue weighted by Gasteiger charge is -1.95. The second-order valence-corrected chi connectivity index (χ2v) is 3.21. The summed E-state index contributed by atoms with van der Waals surface area (Å²) in [4.78, 5) is 10.0. The minimum Gasteiger partial charge on any atom is -0.275 e. The first kappa shape index (κ1) is 12.4. The molecule has 2 aromatic rings. The highest BCUT2D eigenvalue weighted by atomic mass is 79.9. The average molecular weight is 284 g/mol. The number of hydrogen-bond acceptors (Lipinski definition) is 3. The average Bonchev–Trinajstić information content (AvgIpc) is 2.65. The molecule has 84 valence electrons. The molecule has 1 aromatic carbocycles. The van der Waals surface area contributed by atoms with Gasteiger partial charge in [-0.1, -0.05) is 0 Å². The van der Waals surface area contributed by atoms with Gasteiger partial charge in [0.15, 0.2) is 0 Å². The van der Waals surface area contributed by atoms with E-state index in [-0.39, 0.29) is 22.7 Å². The lowest BCUT2D eigenvalue weighted by atomic mass is 10.1. The van der Waals surface area contributed by atoms with Gasteiger partial charge in [-0.05, 0) is 17.7 Å². The van der Waals surface area contributed by atoms with E-state index in [1.807, 2.05) is 13.2 Å². The number of nitro benzene ring substituents is 1. The topological polar surface area (TPSA) is 61.0 Å². The number of non-ortho nitro benzene ring substituents is 1. The zero-order chi connectivity index (χ0) is 10.8. The Morgan fingerprint density at radius 3 is 2.31 bits per heavy atom. The molecule has 0 spiro atoms. The summed E-state index contributed by atoms with van der Waals surface area (Å²) in [7, 11) is 1.83. The summed E-state index contributed by atoms with van der Waals surface area (Å²) in [5.41, 5.74) is 1.98. The van der Waals surface area contributed by atoms with Crippen LogP contribution in [0.4, 0.5) is 5.69 Å². The Morgan fingerprint density at radius 2 is 1.88 bits per heavy atom. The lowest BCUT2D eigenvalue weighted by Crippen LogP contribution is -1.86. The standard InChI is InChI=1S/C10H9N3O2.BrH/c1-12-7-9(6-11-12)8-2-4-10(5-3-8)13(14)15;/h2-7H,1H3;1H. The van der Waals surface area contributed by atoms with Crippen LogP contribution >= 0.6 is 17.0 Å². The summed E-state index contributed by atoms with van der Waals surface area (Å²) in [5, 5.41) is 14.5. The van der Waals surface area contributed by atoms with Gasteiger partial charge in [-0.25, -0.2) is 0 Å². The number of hydrogen-bond donors (Lipinski definition) is 0. The van der Waals surface area contributed by atoms with E-state index in [1.165, 1.54) is 12.1 Å². The van der Waals surface area contributed by atoms with Crippen molar-refractivity contribution in [1.82, 2.24) is 9.78 Å². The zero-order valence-electron chi connectivity index (χ0n) is 8.53. The first-order valence-electron chi connectivity index (χ1n) is 4.40. The summed E-state index contributed by atoms with van der Waals surface area (Å²) in [6, 6.07) is 6.41. The first-order chi connectivity index (χ1) is 7.16. The molecule has 2 rings (SSSR count). The number of aryl methyl sites for hydroxylation is 1. The molecular formula is C10H10BrN3O2. The molecule has 0 aliphatic carbocycles. The Kier molecular flexibility index (Phi) is 3.78. The maximum Gasteiger partial charge on any atom is 0.269 e. The second kappa shape index (κ2) is 4.89. The molecule has 6 heteroatoms. The molecule has 0 saturated carbocycles. The van der Waals surface area contributed by atoms with Crippen molar-refractivity contribution in [3.05, 3.63) is 46.8 Å². The fourth-order valence-electron chi connectivity index (χ4n) is 1.35. The highest BCUT2D eigenvalue weighted by molar-refractivity contribution is 8.93. The van der Waals surface area contributed by atoms with Crippen molar-refractivity contribution in [3.63, 3.8) is 0 Å². The van der Waals surface area contributed by atoms with Crippen molar-refractivity contribution in [2.45, 2.75) is 0 Å². The normalized spacial score (nSPS) is 9.56. The Labute approximate surface area is 103 Å². The SMILES string of the molecule is Br.Cn1cc(-c2ccc([N+](=O)[O-])cc2)cn1. The van der Waals surface area contributed by atoms with Crippen LogP contribution in [0.1, 0.15) is 0 Å². The molecule has 0 aliphatic rings. The van der Waals surface area contributed by atoms with Gasteiger partial charge in [0.05, 0.1) is 11.1 Å². The molecule has 0 radical (unpaired) electrons. The molecular weight excluding hydrogens is 274 g/mol. The van der Waals surface area contributed by atoms with E-state index in [4.69, 9.17) is 0 Å². The number of rotatable bonds is 2. The summed E-state index contributed by atoms with van der Waals surface area (Å²) >= 11 is 0. The van der Waals surface area contributed by atoms with E-state index in [2.05, 4.69) is 5.10 Å². The largest absolute Gasteiger partial charge is 0.275 e. The monoisotopic (exact) mass is 283 g/mol. The minimum atomic E-state index is -0.410. The molecule has 5 nitrogen and oxygen atoms in total. The fourth-order valence-corrected chi connectivity index (χ4v) is 1.35. The van der Waals surface area contributed by atoms with Crippen LogP contribution in [0.25, 0.3) is 11.1 Å². The molecule has 0 saturated heterocycles. The third kappa shape index (κ3) is 2.46. The van der Waals surface area contributed by atoms with E-state index in [9.17, 15) is 10.1 Å². The Hall–Kier alpha value is -1.69. The molecule has 0 atom stereocenters. The quantitative estimate of drug-likeness (QED) is 0.629. The second-order valence-electron chi connectivity index (χ2n) is 3.21.